The summed E-state index contributed by atoms with van der Waals surface area (Å²) in [6.07, 6.45) is 1.36. The second kappa shape index (κ2) is 5.54. The molecule has 3 rings (SSSR count). The molecule has 1 heterocycles. The van der Waals surface area contributed by atoms with E-state index in [9.17, 15) is 4.79 Å². The summed E-state index contributed by atoms with van der Waals surface area (Å²) in [4.78, 5) is 20.3. The number of benzene rings is 2. The number of fused-ring (bicyclic) bond motifs is 1. The maximum Gasteiger partial charge on any atom is 0.339 e. The quantitative estimate of drug-likeness (QED) is 0.745. The molecule has 104 valence electrons. The normalized spacial score (nSPS) is 10.7. The molecule has 0 bridgehead atoms. The van der Waals surface area contributed by atoms with Crippen LogP contribution in [0.3, 0.4) is 0 Å². The number of carbonyl (C=O) groups is 1. The third-order valence-electron chi connectivity index (χ3n) is 3.12. The first kappa shape index (κ1) is 13.6. The van der Waals surface area contributed by atoms with Crippen molar-refractivity contribution in [3.63, 3.8) is 0 Å². The Hall–Kier alpha value is -2.40. The number of rotatable bonds is 3. The van der Waals surface area contributed by atoms with E-state index in [0.29, 0.717) is 10.9 Å². The van der Waals surface area contributed by atoms with Crippen LogP contribution in [0.2, 0.25) is 0 Å². The zero-order chi connectivity index (χ0) is 14.8. The van der Waals surface area contributed by atoms with E-state index >= 15 is 0 Å². The Kier molecular flexibility index (Phi) is 3.58. The number of nitrogens with zero attached hydrogens (tertiary/aromatic N) is 2. The van der Waals surface area contributed by atoms with E-state index in [1.54, 1.807) is 6.92 Å². The zero-order valence-corrected chi connectivity index (χ0v) is 12.1. The molecule has 0 aliphatic rings. The molecular formula is C16H12N2O2S. The third kappa shape index (κ3) is 2.87. The molecule has 0 atom stereocenters. The van der Waals surface area contributed by atoms with Crippen molar-refractivity contribution in [2.24, 2.45) is 0 Å². The smallest absolute Gasteiger partial charge is 0.339 e. The number of aromatic nitrogens is 2. The summed E-state index contributed by atoms with van der Waals surface area (Å²) in [6.45, 7) is 1.68. The first-order valence-electron chi connectivity index (χ1n) is 6.37. The van der Waals surface area contributed by atoms with Gasteiger partial charge in [0.05, 0.1) is 11.3 Å². The lowest BCUT2D eigenvalue weighted by molar-refractivity contribution is 0.0695. The van der Waals surface area contributed by atoms with Crippen LogP contribution >= 0.6 is 11.8 Å². The maximum absolute atomic E-state index is 11.0. The van der Waals surface area contributed by atoms with Gasteiger partial charge in [-0.25, -0.2) is 14.8 Å². The molecule has 1 N–H and O–H groups in total. The first-order valence-corrected chi connectivity index (χ1v) is 7.19. The fraction of sp³-hybridized carbons (Fsp3) is 0.0625. The zero-order valence-electron chi connectivity index (χ0n) is 11.3. The molecule has 0 aliphatic carbocycles. The van der Waals surface area contributed by atoms with Gasteiger partial charge in [-0.05, 0) is 41.6 Å². The number of hydrogen-bond acceptors (Lipinski definition) is 4. The monoisotopic (exact) mass is 296 g/mol. The lowest BCUT2D eigenvalue weighted by Crippen LogP contribution is -2.03. The van der Waals surface area contributed by atoms with Gasteiger partial charge in [0.15, 0.2) is 5.16 Å². The number of hydrogen-bond donors (Lipinski definition) is 1. The van der Waals surface area contributed by atoms with Gasteiger partial charge in [0.1, 0.15) is 0 Å². The molecule has 0 saturated carbocycles. The number of aryl methyl sites for hydroxylation is 1. The van der Waals surface area contributed by atoms with Gasteiger partial charge in [-0.3, -0.25) is 0 Å². The highest BCUT2D eigenvalue weighted by Crippen LogP contribution is 2.28. The van der Waals surface area contributed by atoms with E-state index in [1.165, 1.54) is 23.3 Å². The molecule has 2 aromatic carbocycles. The van der Waals surface area contributed by atoms with Crippen LogP contribution in [-0.2, 0) is 0 Å². The highest BCUT2D eigenvalue weighted by Gasteiger charge is 2.10. The van der Waals surface area contributed by atoms with Crippen LogP contribution in [0.4, 0.5) is 0 Å². The second-order valence-electron chi connectivity index (χ2n) is 4.57. The molecule has 0 amide bonds. The summed E-state index contributed by atoms with van der Waals surface area (Å²) in [5, 5.41) is 11.9. The van der Waals surface area contributed by atoms with E-state index < -0.39 is 5.97 Å². The number of aromatic carboxylic acids is 1. The van der Waals surface area contributed by atoms with Crippen molar-refractivity contribution in [1.29, 1.82) is 0 Å². The van der Waals surface area contributed by atoms with Crippen LogP contribution in [0.25, 0.3) is 10.8 Å². The molecule has 0 saturated heterocycles. The summed E-state index contributed by atoms with van der Waals surface area (Å²) in [6, 6.07) is 14.3. The van der Waals surface area contributed by atoms with E-state index in [-0.39, 0.29) is 5.56 Å². The van der Waals surface area contributed by atoms with Gasteiger partial charge in [0.2, 0.25) is 0 Å². The third-order valence-corrected chi connectivity index (χ3v) is 3.99. The first-order chi connectivity index (χ1) is 10.1. The van der Waals surface area contributed by atoms with E-state index in [0.717, 1.165) is 10.3 Å². The van der Waals surface area contributed by atoms with Crippen molar-refractivity contribution in [3.8, 4) is 0 Å². The molecule has 1 aromatic heterocycles. The summed E-state index contributed by atoms with van der Waals surface area (Å²) in [5.74, 6) is -1.00. The van der Waals surface area contributed by atoms with Gasteiger partial charge in [-0.1, -0.05) is 30.3 Å². The Morgan fingerprint density at radius 2 is 1.90 bits per heavy atom. The van der Waals surface area contributed by atoms with Gasteiger partial charge in [0.25, 0.3) is 0 Å². The standard InChI is InChI=1S/C16H12N2O2S/c1-10-14(15(19)20)9-17-16(18-10)21-13-7-6-11-4-2-3-5-12(11)8-13/h2-9H,1H3,(H,19,20). The molecule has 5 heteroatoms. The molecule has 0 spiro atoms. The molecule has 0 fully saturated rings. The summed E-state index contributed by atoms with van der Waals surface area (Å²) >= 11 is 1.42. The van der Waals surface area contributed by atoms with E-state index in [4.69, 9.17) is 5.11 Å². The fourth-order valence-electron chi connectivity index (χ4n) is 2.04. The molecular weight excluding hydrogens is 284 g/mol. The molecule has 4 nitrogen and oxygen atoms in total. The highest BCUT2D eigenvalue weighted by molar-refractivity contribution is 7.99. The highest BCUT2D eigenvalue weighted by atomic mass is 32.2. The average molecular weight is 296 g/mol. The van der Waals surface area contributed by atoms with Crippen LogP contribution in [-0.4, -0.2) is 21.0 Å². The largest absolute Gasteiger partial charge is 0.478 e. The van der Waals surface area contributed by atoms with Crippen LogP contribution in [0.5, 0.6) is 0 Å². The topological polar surface area (TPSA) is 63.1 Å². The van der Waals surface area contributed by atoms with Crippen LogP contribution < -0.4 is 0 Å². The van der Waals surface area contributed by atoms with Gasteiger partial charge in [-0.2, -0.15) is 0 Å². The lowest BCUT2D eigenvalue weighted by Gasteiger charge is -2.05. The van der Waals surface area contributed by atoms with E-state index in [1.807, 2.05) is 18.2 Å². The Morgan fingerprint density at radius 3 is 2.62 bits per heavy atom. The predicted molar refractivity (Wildman–Crippen MR) is 81.8 cm³/mol. The molecule has 21 heavy (non-hydrogen) atoms. The molecule has 0 unspecified atom stereocenters. The Labute approximate surface area is 125 Å². The van der Waals surface area contributed by atoms with E-state index in [2.05, 4.69) is 34.2 Å². The average Bonchev–Trinajstić information content (AvgIpc) is 2.47. The second-order valence-corrected chi connectivity index (χ2v) is 5.61. The van der Waals surface area contributed by atoms with Crippen molar-refractivity contribution < 1.29 is 9.90 Å². The Balaban J connectivity index is 1.91. The van der Waals surface area contributed by atoms with Crippen LogP contribution in [0.1, 0.15) is 16.1 Å². The van der Waals surface area contributed by atoms with Crippen molar-refractivity contribution in [2.45, 2.75) is 17.0 Å². The summed E-state index contributed by atoms with van der Waals surface area (Å²) in [5.41, 5.74) is 0.610. The van der Waals surface area contributed by atoms with Gasteiger partial charge < -0.3 is 5.11 Å². The number of carboxylic acids is 1. The van der Waals surface area contributed by atoms with Crippen molar-refractivity contribution in [3.05, 3.63) is 59.9 Å². The van der Waals surface area contributed by atoms with Crippen LogP contribution in [0.15, 0.2) is 58.7 Å². The van der Waals surface area contributed by atoms with Crippen molar-refractivity contribution in [2.75, 3.05) is 0 Å². The van der Waals surface area contributed by atoms with Gasteiger partial charge >= 0.3 is 5.97 Å². The summed E-state index contributed by atoms with van der Waals surface area (Å²) < 4.78 is 0. The minimum absolute atomic E-state index is 0.137. The summed E-state index contributed by atoms with van der Waals surface area (Å²) in [7, 11) is 0. The minimum Gasteiger partial charge on any atom is -0.478 e. The van der Waals surface area contributed by atoms with Gasteiger partial charge in [-0.15, -0.1) is 0 Å². The predicted octanol–water partition coefficient (Wildman–Crippen LogP) is 3.79. The molecule has 0 radical (unpaired) electrons. The molecule has 0 aliphatic heterocycles. The van der Waals surface area contributed by atoms with Crippen molar-refractivity contribution >= 4 is 28.5 Å². The maximum atomic E-state index is 11.0. The SMILES string of the molecule is Cc1nc(Sc2ccc3ccccc3c2)ncc1C(=O)O. The minimum atomic E-state index is -1.00. The Morgan fingerprint density at radius 1 is 1.14 bits per heavy atom. The lowest BCUT2D eigenvalue weighted by atomic mass is 10.1. The fourth-order valence-corrected chi connectivity index (χ4v) is 2.86. The van der Waals surface area contributed by atoms with Crippen LogP contribution in [0, 0.1) is 6.92 Å². The van der Waals surface area contributed by atoms with Crippen molar-refractivity contribution in [1.82, 2.24) is 9.97 Å². The molecule has 3 aromatic rings. The van der Waals surface area contributed by atoms with Gasteiger partial charge in [0, 0.05) is 11.1 Å². The number of carboxylic acid groups (broad SMARTS) is 1. The Bertz CT molecular complexity index is 833.